The molecule has 196 valence electrons. The molecule has 2 aliphatic rings. The molecule has 37 heavy (non-hydrogen) atoms. The van der Waals surface area contributed by atoms with Gasteiger partial charge in [0.05, 0.1) is 47.8 Å². The molecule has 0 radical (unpaired) electrons. The van der Waals surface area contributed by atoms with Crippen molar-refractivity contribution in [2.24, 2.45) is 0 Å². The van der Waals surface area contributed by atoms with E-state index in [-0.39, 0.29) is 18.3 Å². The summed E-state index contributed by atoms with van der Waals surface area (Å²) in [6.07, 6.45) is 0.999. The zero-order valence-corrected chi connectivity index (χ0v) is 24.3. The maximum Gasteiger partial charge on any atom is 0.145 e. The second kappa shape index (κ2) is 12.7. The van der Waals surface area contributed by atoms with Crippen molar-refractivity contribution in [1.29, 1.82) is 0 Å². The molecule has 2 saturated heterocycles. The summed E-state index contributed by atoms with van der Waals surface area (Å²) in [5, 5.41) is 0.745. The summed E-state index contributed by atoms with van der Waals surface area (Å²) in [4.78, 5) is 0. The van der Waals surface area contributed by atoms with Crippen LogP contribution >= 0.6 is 42.0 Å². The molecule has 2 aliphatic heterocycles. The number of fused-ring (bicyclic) bond motifs is 1. The van der Waals surface area contributed by atoms with Crippen LogP contribution in [0.2, 0.25) is 5.02 Å². The maximum atomic E-state index is 6.72. The Morgan fingerprint density at radius 1 is 1.05 bits per heavy atom. The SMILES string of the molecule is CCOc1ccc(Cc2cc(C3CC(OCc4ccccc4)[C@@H]4OCC4(COSI)O3)ccc2Cl)cc1. The van der Waals surface area contributed by atoms with Crippen LogP contribution in [0.5, 0.6) is 5.75 Å². The van der Waals surface area contributed by atoms with E-state index in [1.807, 2.05) is 43.3 Å². The molecule has 3 aromatic carbocycles. The van der Waals surface area contributed by atoms with Gasteiger partial charge >= 0.3 is 0 Å². The summed E-state index contributed by atoms with van der Waals surface area (Å²) < 4.78 is 30.5. The number of hydrogen-bond acceptors (Lipinski definition) is 6. The summed E-state index contributed by atoms with van der Waals surface area (Å²) in [7, 11) is 1.32. The average Bonchev–Trinajstić information content (AvgIpc) is 2.91. The van der Waals surface area contributed by atoms with Crippen LogP contribution in [0, 0.1) is 0 Å². The molecule has 5 rings (SSSR count). The Kier molecular flexibility index (Phi) is 9.34. The third-order valence-corrected chi connectivity index (χ3v) is 8.25. The van der Waals surface area contributed by atoms with E-state index >= 15 is 0 Å². The van der Waals surface area contributed by atoms with Crippen LogP contribution in [0.25, 0.3) is 0 Å². The molecule has 2 heterocycles. The first-order valence-electron chi connectivity index (χ1n) is 12.5. The molecule has 3 aromatic rings. The molecule has 5 nitrogen and oxygen atoms in total. The Labute approximate surface area is 239 Å². The van der Waals surface area contributed by atoms with E-state index in [1.54, 1.807) is 0 Å². The van der Waals surface area contributed by atoms with Crippen molar-refractivity contribution in [3.8, 4) is 5.75 Å². The van der Waals surface area contributed by atoms with E-state index in [1.165, 1.54) is 14.8 Å². The van der Waals surface area contributed by atoms with Crippen LogP contribution in [-0.4, -0.2) is 37.6 Å². The highest BCUT2D eigenvalue weighted by Crippen LogP contribution is 2.47. The summed E-state index contributed by atoms with van der Waals surface area (Å²) in [6, 6.07) is 24.6. The van der Waals surface area contributed by atoms with Gasteiger partial charge in [-0.25, -0.2) is 0 Å². The quantitative estimate of drug-likeness (QED) is 0.158. The van der Waals surface area contributed by atoms with E-state index < -0.39 is 5.60 Å². The largest absolute Gasteiger partial charge is 0.494 e. The zero-order valence-electron chi connectivity index (χ0n) is 20.6. The zero-order chi connectivity index (χ0) is 25.7. The summed E-state index contributed by atoms with van der Waals surface area (Å²) in [5.74, 6) is 0.873. The first-order chi connectivity index (χ1) is 18.1. The van der Waals surface area contributed by atoms with Crippen molar-refractivity contribution in [3.05, 3.63) is 100 Å². The fraction of sp³-hybridized carbons (Fsp3) is 0.379. The second-order valence-corrected chi connectivity index (χ2v) is 11.3. The molecular formula is C29H30ClIO5S. The first kappa shape index (κ1) is 27.2. The van der Waals surface area contributed by atoms with Crippen LogP contribution in [0.15, 0.2) is 72.8 Å². The molecule has 0 bridgehead atoms. The van der Waals surface area contributed by atoms with Crippen LogP contribution in [0.3, 0.4) is 0 Å². The third kappa shape index (κ3) is 6.46. The van der Waals surface area contributed by atoms with Crippen molar-refractivity contribution in [1.82, 2.24) is 0 Å². The van der Waals surface area contributed by atoms with Gasteiger partial charge in [0.2, 0.25) is 0 Å². The van der Waals surface area contributed by atoms with Crippen LogP contribution < -0.4 is 4.74 Å². The Balaban J connectivity index is 1.35. The lowest BCUT2D eigenvalue weighted by Gasteiger charge is -2.56. The molecule has 8 heteroatoms. The minimum atomic E-state index is -0.530. The molecule has 0 aromatic heterocycles. The highest BCUT2D eigenvalue weighted by Gasteiger charge is 2.59. The van der Waals surface area contributed by atoms with Gasteiger partial charge in [-0.2, -0.15) is 0 Å². The van der Waals surface area contributed by atoms with Gasteiger partial charge < -0.3 is 23.1 Å². The van der Waals surface area contributed by atoms with E-state index in [9.17, 15) is 0 Å². The highest BCUT2D eigenvalue weighted by atomic mass is 127. The van der Waals surface area contributed by atoms with Gasteiger partial charge in [-0.1, -0.05) is 66.2 Å². The molecule has 0 spiro atoms. The number of halogens is 2. The molecule has 0 N–H and O–H groups in total. The van der Waals surface area contributed by atoms with Crippen LogP contribution in [0.1, 0.15) is 41.7 Å². The predicted molar refractivity (Wildman–Crippen MR) is 155 cm³/mol. The van der Waals surface area contributed by atoms with Crippen molar-refractivity contribution in [2.75, 3.05) is 19.8 Å². The molecule has 0 saturated carbocycles. The smallest absolute Gasteiger partial charge is 0.145 e. The Bertz CT molecular complexity index is 1160. The average molecular weight is 653 g/mol. The van der Waals surface area contributed by atoms with Gasteiger partial charge in [0.15, 0.2) is 0 Å². The number of hydrogen-bond donors (Lipinski definition) is 0. The fourth-order valence-electron chi connectivity index (χ4n) is 5.02. The van der Waals surface area contributed by atoms with Gasteiger partial charge in [-0.05, 0) is 53.8 Å². The van der Waals surface area contributed by atoms with Gasteiger partial charge in [0.1, 0.15) is 17.5 Å². The van der Waals surface area contributed by atoms with Crippen LogP contribution in [0.4, 0.5) is 0 Å². The van der Waals surface area contributed by atoms with Crippen molar-refractivity contribution in [2.45, 2.75) is 50.3 Å². The molecule has 0 amide bonds. The summed E-state index contributed by atoms with van der Waals surface area (Å²) in [5.41, 5.74) is 3.93. The Morgan fingerprint density at radius 2 is 1.86 bits per heavy atom. The topological polar surface area (TPSA) is 46.2 Å². The molecule has 0 aliphatic carbocycles. The lowest BCUT2D eigenvalue weighted by atomic mass is 9.81. The van der Waals surface area contributed by atoms with Gasteiger partial charge in [0.25, 0.3) is 0 Å². The van der Waals surface area contributed by atoms with E-state index in [2.05, 4.69) is 57.6 Å². The third-order valence-electron chi connectivity index (χ3n) is 6.91. The van der Waals surface area contributed by atoms with Crippen LogP contribution in [-0.2, 0) is 31.4 Å². The number of rotatable bonds is 11. The first-order valence-corrected chi connectivity index (χ1v) is 16.1. The van der Waals surface area contributed by atoms with Crippen molar-refractivity contribution >= 4 is 42.0 Å². The standard InChI is InChI=1S/C29H30ClIO5S/c1-2-32-24-11-8-20(9-12-24)14-23-15-22(10-13-25(23)30)26-16-27(33-17-21-6-4-3-5-7-21)28-29(36-26,18-34-28)19-35-37-31/h3-13,15,26-28H,2,14,16-19H2,1H3/t26?,27?,28-,29?/m0/s1. The van der Waals surface area contributed by atoms with Crippen molar-refractivity contribution < 1.29 is 23.1 Å². The fourth-order valence-corrected chi connectivity index (χ4v) is 5.83. The van der Waals surface area contributed by atoms with E-state index in [4.69, 9.17) is 34.7 Å². The minimum absolute atomic E-state index is 0.110. The Morgan fingerprint density at radius 3 is 2.57 bits per heavy atom. The monoisotopic (exact) mass is 652 g/mol. The van der Waals surface area contributed by atoms with Gasteiger partial charge in [0, 0.05) is 32.6 Å². The Hall–Kier alpha value is -1.33. The van der Waals surface area contributed by atoms with Gasteiger partial charge in [-0.15, -0.1) is 0 Å². The summed E-state index contributed by atoms with van der Waals surface area (Å²) >= 11 is 8.77. The normalized spacial score (nSPS) is 24.8. The molecule has 4 atom stereocenters. The van der Waals surface area contributed by atoms with E-state index in [0.29, 0.717) is 32.8 Å². The van der Waals surface area contributed by atoms with E-state index in [0.717, 1.165) is 33.9 Å². The molecule has 2 fully saturated rings. The van der Waals surface area contributed by atoms with Crippen molar-refractivity contribution in [3.63, 3.8) is 0 Å². The summed E-state index contributed by atoms with van der Waals surface area (Å²) in [6.45, 7) is 4.10. The van der Waals surface area contributed by atoms with Gasteiger partial charge in [-0.3, -0.25) is 0 Å². The number of ether oxygens (including phenoxy) is 4. The molecule has 3 unspecified atom stereocenters. The minimum Gasteiger partial charge on any atom is -0.494 e. The second-order valence-electron chi connectivity index (χ2n) is 9.40. The predicted octanol–water partition coefficient (Wildman–Crippen LogP) is 7.53. The molecular weight excluding hydrogens is 623 g/mol. The lowest BCUT2D eigenvalue weighted by molar-refractivity contribution is -0.344. The number of benzene rings is 3. The lowest BCUT2D eigenvalue weighted by Crippen LogP contribution is -2.70. The highest BCUT2D eigenvalue weighted by molar-refractivity contribution is 14.2. The maximum absolute atomic E-state index is 6.72.